The van der Waals surface area contributed by atoms with Crippen LogP contribution in [0.3, 0.4) is 0 Å². The van der Waals surface area contributed by atoms with Gasteiger partial charge in [0.25, 0.3) is 5.90 Å². The summed E-state index contributed by atoms with van der Waals surface area (Å²) in [6.07, 6.45) is 0. The number of hydrazine groups is 1. The van der Waals surface area contributed by atoms with E-state index in [9.17, 15) is 0 Å². The summed E-state index contributed by atoms with van der Waals surface area (Å²) in [4.78, 5) is 12.3. The van der Waals surface area contributed by atoms with E-state index >= 15 is 0 Å². The quantitative estimate of drug-likeness (QED) is 0.188. The minimum atomic E-state index is 0.242. The third-order valence-corrected chi connectivity index (χ3v) is 12.8. The number of hydrogen-bond acceptors (Lipinski definition) is 6. The van der Waals surface area contributed by atoms with Crippen LogP contribution in [0.4, 0.5) is 0 Å². The van der Waals surface area contributed by atoms with Gasteiger partial charge in [0.15, 0.2) is 16.1 Å². The zero-order valence-electron chi connectivity index (χ0n) is 16.8. The Morgan fingerprint density at radius 1 is 0.600 bits per heavy atom. The third-order valence-electron chi connectivity index (χ3n) is 4.19. The van der Waals surface area contributed by atoms with Gasteiger partial charge in [0, 0.05) is 23.2 Å². The molecule has 0 amide bonds. The molecule has 0 saturated carbocycles. The summed E-state index contributed by atoms with van der Waals surface area (Å²) in [5, 5.41) is 7.02. The van der Waals surface area contributed by atoms with Crippen LogP contribution in [0.25, 0.3) is 0 Å². The van der Waals surface area contributed by atoms with Gasteiger partial charge in [-0.1, -0.05) is 28.5 Å². The van der Waals surface area contributed by atoms with Crippen LogP contribution in [-0.4, -0.2) is 16.4 Å². The lowest BCUT2D eigenvalue weighted by molar-refractivity contribution is -0.310. The van der Waals surface area contributed by atoms with Crippen LogP contribution in [0.2, 0.25) is 0 Å². The topological polar surface area (TPSA) is 46.5 Å². The Balaban J connectivity index is 1.74. The largest absolute Gasteiger partial charge is 0.437 e. The molecule has 0 fully saturated rings. The molecule has 35 heavy (non-hydrogen) atoms. The molecule has 1 heterocycles. The molecule has 0 radical (unpaired) electrons. The highest BCUT2D eigenvalue weighted by Crippen LogP contribution is 2.42. The van der Waals surface area contributed by atoms with E-state index in [0.29, 0.717) is 35.3 Å². The molecule has 0 unspecified atom stereocenters. The Bertz CT molecular complexity index is 1340. The van der Waals surface area contributed by atoms with Gasteiger partial charge in [-0.25, -0.2) is 0 Å². The third kappa shape index (κ3) is 6.32. The molecule has 0 bridgehead atoms. The zero-order chi connectivity index (χ0) is 25.3. The molecule has 0 spiro atoms. The first-order valence-electron chi connectivity index (χ1n) is 9.27. The van der Waals surface area contributed by atoms with E-state index in [2.05, 4.69) is 133 Å². The first-order chi connectivity index (χ1) is 16.7. The summed E-state index contributed by atoms with van der Waals surface area (Å²) in [6.45, 7) is 0. The number of halogens is 8. The van der Waals surface area contributed by atoms with Gasteiger partial charge >= 0.3 is 0 Å². The van der Waals surface area contributed by atoms with Gasteiger partial charge in [0.05, 0.1) is 8.95 Å². The molecule has 6 nitrogen and oxygen atoms in total. The van der Waals surface area contributed by atoms with Crippen molar-refractivity contribution in [1.29, 1.82) is 0 Å². The average molecular weight is 991 g/mol. The minimum absolute atomic E-state index is 0.242. The molecule has 3 aromatic rings. The van der Waals surface area contributed by atoms with Crippen molar-refractivity contribution in [2.24, 2.45) is 5.10 Å². The lowest BCUT2D eigenvalue weighted by atomic mass is 10.3. The molecular weight excluding hydrogens is 981 g/mol. The van der Waals surface area contributed by atoms with Crippen molar-refractivity contribution in [2.45, 2.75) is 0 Å². The van der Waals surface area contributed by atoms with Gasteiger partial charge in [0.1, 0.15) is 10.2 Å². The molecule has 1 aliphatic heterocycles. The van der Waals surface area contributed by atoms with Crippen LogP contribution in [-0.2, 0) is 0 Å². The predicted octanol–water partition coefficient (Wildman–Crippen LogP) is 10.4. The van der Waals surface area contributed by atoms with Crippen molar-refractivity contribution in [2.75, 3.05) is 0 Å². The minimum Gasteiger partial charge on any atom is -0.437 e. The molecule has 0 N–H and O–H groups in total. The molecule has 0 aromatic heterocycles. The van der Waals surface area contributed by atoms with Crippen molar-refractivity contribution >= 4 is 133 Å². The zero-order valence-corrected chi connectivity index (χ0v) is 29.5. The Hall–Kier alpha value is -0.0900. The van der Waals surface area contributed by atoms with E-state index in [1.807, 2.05) is 42.5 Å². The highest BCUT2D eigenvalue weighted by atomic mass is 79.9. The molecule has 3 aromatic carbocycles. The summed E-state index contributed by atoms with van der Waals surface area (Å²) >= 11 is 28.2. The number of ether oxygens (including phenoxy) is 1. The molecule has 1 aliphatic rings. The summed E-state index contributed by atoms with van der Waals surface area (Å²) in [6, 6.07) is 16.5. The smallest absolute Gasteiger partial charge is 0.259 e. The molecule has 0 saturated heterocycles. The van der Waals surface area contributed by atoms with Crippen molar-refractivity contribution in [3.05, 3.63) is 90.5 Å². The maximum absolute atomic E-state index is 6.18. The summed E-state index contributed by atoms with van der Waals surface area (Å²) < 4.78 is 11.6. The molecule has 4 rings (SSSR count). The second-order valence-electron chi connectivity index (χ2n) is 6.48. The van der Waals surface area contributed by atoms with Gasteiger partial charge in [-0.2, -0.15) is 0 Å². The van der Waals surface area contributed by atoms with Crippen LogP contribution >= 0.6 is 127 Å². The number of benzene rings is 3. The maximum Gasteiger partial charge on any atom is 0.259 e. The Labute approximate surface area is 267 Å². The fourth-order valence-electron chi connectivity index (χ4n) is 2.55. The number of nitrogens with zero attached hydrogens (tertiary/aromatic N) is 3. The number of para-hydroxylation sites is 1. The molecular formula is C21H9Br8N3O3. The van der Waals surface area contributed by atoms with Crippen molar-refractivity contribution in [3.63, 3.8) is 0 Å². The van der Waals surface area contributed by atoms with Crippen LogP contribution in [0, 0.1) is 0 Å². The second kappa shape index (κ2) is 12.2. The van der Waals surface area contributed by atoms with Gasteiger partial charge in [-0.15, -0.1) is 0 Å². The summed E-state index contributed by atoms with van der Waals surface area (Å²) in [5.74, 6) is 1.80. The van der Waals surface area contributed by atoms with E-state index in [0.717, 1.165) is 23.2 Å². The monoisotopic (exact) mass is 982 g/mol. The first-order valence-corrected chi connectivity index (χ1v) is 15.6. The number of hydrazone groups is 1. The Morgan fingerprint density at radius 2 is 1.14 bits per heavy atom. The van der Waals surface area contributed by atoms with Crippen molar-refractivity contribution in [1.82, 2.24) is 10.5 Å². The van der Waals surface area contributed by atoms with Gasteiger partial charge in [0.2, 0.25) is 0 Å². The van der Waals surface area contributed by atoms with Crippen LogP contribution in [0.5, 0.6) is 17.2 Å². The Kier molecular flexibility index (Phi) is 9.72. The molecule has 0 atom stereocenters. The van der Waals surface area contributed by atoms with Crippen LogP contribution < -0.4 is 14.4 Å². The lowest BCUT2D eigenvalue weighted by Gasteiger charge is -2.34. The summed E-state index contributed by atoms with van der Waals surface area (Å²) in [7, 11) is 0. The van der Waals surface area contributed by atoms with Crippen LogP contribution in [0.15, 0.2) is 95.6 Å². The first kappa shape index (κ1) is 27.9. The highest BCUT2D eigenvalue weighted by Gasteiger charge is 2.33. The van der Waals surface area contributed by atoms with Gasteiger partial charge < -0.3 is 14.4 Å². The fraction of sp³-hybridized carbons (Fsp3) is 0. The van der Waals surface area contributed by atoms with E-state index < -0.39 is 0 Å². The van der Waals surface area contributed by atoms with Gasteiger partial charge in [-0.3, -0.25) is 0 Å². The van der Waals surface area contributed by atoms with E-state index in [1.165, 1.54) is 5.17 Å². The second-order valence-corrected chi connectivity index (χ2v) is 12.9. The highest BCUT2D eigenvalue weighted by molar-refractivity contribution is 9.15. The lowest BCUT2D eigenvalue weighted by Crippen LogP contribution is -2.46. The van der Waals surface area contributed by atoms with Crippen molar-refractivity contribution in [3.8, 4) is 17.2 Å². The van der Waals surface area contributed by atoms with E-state index in [1.54, 1.807) is 12.1 Å². The van der Waals surface area contributed by atoms with E-state index in [4.69, 9.17) is 14.4 Å². The SMILES string of the molecule is BrC1=C(Br)N(Oc2ccc(Br)c(Br)c2Br)N(Oc2ccc(Br)c(Br)c2Br)N=C1Oc1ccccc1. The standard InChI is InChI=1S/C21H9Br8N3O3/c22-11-6-8-13(17(26)15(11)24)34-31-20(29)19(28)21(33-10-4-2-1-3-5-10)30-32(31)35-14-9-7-12(23)16(25)18(14)27/h1-9H. The average Bonchev–Trinajstić information content (AvgIpc) is 2.85. The molecule has 0 aliphatic carbocycles. The number of hydroxylamine groups is 1. The molecule has 182 valence electrons. The van der Waals surface area contributed by atoms with Gasteiger partial charge in [-0.05, 0) is 164 Å². The normalized spacial score (nSPS) is 13.7. The van der Waals surface area contributed by atoms with E-state index in [-0.39, 0.29) is 5.90 Å². The molecule has 14 heteroatoms. The summed E-state index contributed by atoms with van der Waals surface area (Å²) in [5.41, 5.74) is 0. The number of hydrogen-bond donors (Lipinski definition) is 0. The maximum atomic E-state index is 6.18. The fourth-order valence-corrected chi connectivity index (χ4v) is 5.92. The van der Waals surface area contributed by atoms with Crippen molar-refractivity contribution < 1.29 is 14.4 Å². The Morgan fingerprint density at radius 3 is 1.71 bits per heavy atom. The van der Waals surface area contributed by atoms with Crippen LogP contribution in [0.1, 0.15) is 0 Å². The number of rotatable bonds is 5. The predicted molar refractivity (Wildman–Crippen MR) is 163 cm³/mol.